The monoisotopic (exact) mass is 498 g/mol. The van der Waals surface area contributed by atoms with Gasteiger partial charge in [0.05, 0.1) is 15.8 Å². The minimum absolute atomic E-state index is 0.102. The molecule has 2 aliphatic heterocycles. The van der Waals surface area contributed by atoms with Crippen LogP contribution >= 0.6 is 22.9 Å². The van der Waals surface area contributed by atoms with Gasteiger partial charge in [-0.15, -0.1) is 11.3 Å². The van der Waals surface area contributed by atoms with Gasteiger partial charge in [-0.25, -0.2) is 0 Å². The van der Waals surface area contributed by atoms with Gasteiger partial charge in [-0.05, 0) is 57.4 Å². The molecule has 5 rings (SSSR count). The molecule has 0 bridgehead atoms. The van der Waals surface area contributed by atoms with Crippen LogP contribution in [-0.2, 0) is 17.8 Å². The van der Waals surface area contributed by atoms with Crippen molar-refractivity contribution in [1.29, 1.82) is 0 Å². The number of aromatic nitrogens is 1. The molecule has 1 atom stereocenters. The number of anilines is 1. The molecule has 3 aromatic rings. The first-order chi connectivity index (χ1) is 16.4. The molecule has 1 saturated heterocycles. The van der Waals surface area contributed by atoms with Crippen LogP contribution in [0, 0.1) is 6.92 Å². The third-order valence-electron chi connectivity index (χ3n) is 6.95. The third-order valence-corrected chi connectivity index (χ3v) is 8.20. The Morgan fingerprint density at radius 1 is 1.24 bits per heavy atom. The minimum atomic E-state index is -0.253. The van der Waals surface area contributed by atoms with Crippen LogP contribution in [0.4, 0.5) is 5.69 Å². The van der Waals surface area contributed by atoms with Gasteiger partial charge in [-0.1, -0.05) is 34.5 Å². The quantitative estimate of drug-likeness (QED) is 0.500. The lowest BCUT2D eigenvalue weighted by molar-refractivity contribution is -0.123. The molecule has 4 heterocycles. The highest BCUT2D eigenvalue weighted by molar-refractivity contribution is 7.19. The molecule has 1 N–H and O–H groups in total. The SMILES string of the molecule is Cc1ccc2c(c1)CC(C(=O)NC1CCN(C(C)C)CC1)N2Cc1cc(-c2ccc(Cl)s2)on1. The van der Waals surface area contributed by atoms with Gasteiger partial charge in [-0.2, -0.15) is 0 Å². The summed E-state index contributed by atoms with van der Waals surface area (Å²) in [6, 6.07) is 12.7. The highest BCUT2D eigenvalue weighted by Gasteiger charge is 2.36. The fraction of sp³-hybridized carbons (Fsp3) is 0.462. The summed E-state index contributed by atoms with van der Waals surface area (Å²) in [5.74, 6) is 0.804. The van der Waals surface area contributed by atoms with Crippen LogP contribution in [0.3, 0.4) is 0 Å². The molecular formula is C26H31ClN4O2S. The lowest BCUT2D eigenvalue weighted by Gasteiger charge is -2.36. The lowest BCUT2D eigenvalue weighted by Crippen LogP contribution is -2.52. The summed E-state index contributed by atoms with van der Waals surface area (Å²) in [6.45, 7) is 9.14. The number of hydrogen-bond acceptors (Lipinski definition) is 6. The van der Waals surface area contributed by atoms with Crippen LogP contribution < -0.4 is 10.2 Å². The number of benzene rings is 1. The Kier molecular flexibility index (Phi) is 6.69. The summed E-state index contributed by atoms with van der Waals surface area (Å²) >= 11 is 7.55. The summed E-state index contributed by atoms with van der Waals surface area (Å²) in [5.41, 5.74) is 4.32. The average molecular weight is 499 g/mol. The molecule has 180 valence electrons. The molecule has 34 heavy (non-hydrogen) atoms. The number of nitrogens with zero attached hydrogens (tertiary/aromatic N) is 3. The van der Waals surface area contributed by atoms with Crippen molar-refractivity contribution in [3.05, 3.63) is 57.6 Å². The van der Waals surface area contributed by atoms with Crippen LogP contribution in [-0.4, -0.2) is 47.2 Å². The standard InChI is InChI=1S/C26H31ClN4O2S/c1-16(2)30-10-8-19(9-11-30)28-26(32)22-13-18-12-17(3)4-5-21(18)31(22)15-20-14-23(33-29-20)24-6-7-25(27)34-24/h4-7,12,14,16,19,22H,8-11,13,15H2,1-3H3,(H,28,32). The summed E-state index contributed by atoms with van der Waals surface area (Å²) in [7, 11) is 0. The highest BCUT2D eigenvalue weighted by atomic mass is 35.5. The largest absolute Gasteiger partial charge is 0.355 e. The average Bonchev–Trinajstić information content (AvgIpc) is 3.53. The van der Waals surface area contributed by atoms with E-state index in [1.165, 1.54) is 22.5 Å². The number of thiophene rings is 1. The van der Waals surface area contributed by atoms with E-state index in [1.807, 2.05) is 18.2 Å². The molecule has 1 amide bonds. The molecule has 0 radical (unpaired) electrons. The van der Waals surface area contributed by atoms with Gasteiger partial charge in [-0.3, -0.25) is 4.79 Å². The summed E-state index contributed by atoms with van der Waals surface area (Å²) < 4.78 is 6.31. The normalized spacial score (nSPS) is 19.1. The molecule has 0 spiro atoms. The highest BCUT2D eigenvalue weighted by Crippen LogP contribution is 2.36. The zero-order valence-electron chi connectivity index (χ0n) is 19.9. The van der Waals surface area contributed by atoms with E-state index in [9.17, 15) is 4.79 Å². The first-order valence-electron chi connectivity index (χ1n) is 12.0. The predicted octanol–water partition coefficient (Wildman–Crippen LogP) is 5.29. The molecule has 1 unspecified atom stereocenters. The number of hydrogen-bond donors (Lipinski definition) is 1. The van der Waals surface area contributed by atoms with E-state index in [2.05, 4.69) is 59.2 Å². The molecular weight excluding hydrogens is 468 g/mol. The Morgan fingerprint density at radius 3 is 2.74 bits per heavy atom. The van der Waals surface area contributed by atoms with Gasteiger partial charge in [0.15, 0.2) is 5.76 Å². The maximum absolute atomic E-state index is 13.5. The second kappa shape index (κ2) is 9.72. The summed E-state index contributed by atoms with van der Waals surface area (Å²) in [6.07, 6.45) is 2.70. The van der Waals surface area contributed by atoms with Crippen LogP contribution in [0.15, 0.2) is 40.9 Å². The third kappa shape index (κ3) is 4.88. The first-order valence-corrected chi connectivity index (χ1v) is 13.2. The van der Waals surface area contributed by atoms with Crippen molar-refractivity contribution < 1.29 is 9.32 Å². The van der Waals surface area contributed by atoms with Crippen LogP contribution in [0.2, 0.25) is 4.34 Å². The van der Waals surface area contributed by atoms with Crippen molar-refractivity contribution in [2.75, 3.05) is 18.0 Å². The number of fused-ring (bicyclic) bond motifs is 1. The molecule has 0 aliphatic carbocycles. The Bertz CT molecular complexity index is 1170. The zero-order chi connectivity index (χ0) is 23.8. The van der Waals surface area contributed by atoms with Crippen LogP contribution in [0.1, 0.15) is 43.5 Å². The van der Waals surface area contributed by atoms with E-state index in [-0.39, 0.29) is 18.0 Å². The van der Waals surface area contributed by atoms with Crippen molar-refractivity contribution in [2.45, 2.75) is 64.7 Å². The number of piperidine rings is 1. The van der Waals surface area contributed by atoms with Crippen molar-refractivity contribution in [1.82, 2.24) is 15.4 Å². The van der Waals surface area contributed by atoms with Gasteiger partial charge < -0.3 is 19.6 Å². The number of carbonyl (C=O) groups excluding carboxylic acids is 1. The van der Waals surface area contributed by atoms with E-state index < -0.39 is 0 Å². The van der Waals surface area contributed by atoms with Gasteiger partial charge in [0.1, 0.15) is 11.7 Å². The Hall–Kier alpha value is -2.35. The Labute approximate surface area is 209 Å². The topological polar surface area (TPSA) is 61.6 Å². The number of halogens is 1. The maximum Gasteiger partial charge on any atom is 0.243 e. The van der Waals surface area contributed by atoms with E-state index >= 15 is 0 Å². The molecule has 1 fully saturated rings. The molecule has 2 aliphatic rings. The Balaban J connectivity index is 1.32. The number of likely N-dealkylation sites (tertiary alicyclic amines) is 1. The van der Waals surface area contributed by atoms with Crippen molar-refractivity contribution >= 4 is 34.5 Å². The van der Waals surface area contributed by atoms with E-state index in [0.717, 1.165) is 42.2 Å². The fourth-order valence-corrected chi connectivity index (χ4v) is 6.05. The maximum atomic E-state index is 13.5. The lowest BCUT2D eigenvalue weighted by atomic mass is 10.0. The summed E-state index contributed by atoms with van der Waals surface area (Å²) in [4.78, 5) is 19.1. The second-order valence-electron chi connectivity index (χ2n) is 9.68. The Morgan fingerprint density at radius 2 is 2.03 bits per heavy atom. The minimum Gasteiger partial charge on any atom is -0.355 e. The van der Waals surface area contributed by atoms with Crippen molar-refractivity contribution in [3.8, 4) is 10.6 Å². The van der Waals surface area contributed by atoms with Gasteiger partial charge in [0.2, 0.25) is 5.91 Å². The molecule has 0 saturated carbocycles. The van der Waals surface area contributed by atoms with E-state index in [1.54, 1.807) is 0 Å². The second-order valence-corrected chi connectivity index (χ2v) is 11.4. The number of rotatable bonds is 6. The molecule has 2 aromatic heterocycles. The summed E-state index contributed by atoms with van der Waals surface area (Å²) in [5, 5.41) is 7.65. The van der Waals surface area contributed by atoms with Crippen LogP contribution in [0.5, 0.6) is 0 Å². The number of carbonyl (C=O) groups is 1. The van der Waals surface area contributed by atoms with Crippen molar-refractivity contribution in [3.63, 3.8) is 0 Å². The molecule has 1 aromatic carbocycles. The number of aryl methyl sites for hydroxylation is 1. The van der Waals surface area contributed by atoms with Gasteiger partial charge in [0.25, 0.3) is 0 Å². The van der Waals surface area contributed by atoms with Crippen molar-refractivity contribution in [2.24, 2.45) is 0 Å². The van der Waals surface area contributed by atoms with Gasteiger partial charge >= 0.3 is 0 Å². The number of amides is 1. The zero-order valence-corrected chi connectivity index (χ0v) is 21.5. The van der Waals surface area contributed by atoms with Crippen LogP contribution in [0.25, 0.3) is 10.6 Å². The van der Waals surface area contributed by atoms with E-state index in [4.69, 9.17) is 16.1 Å². The predicted molar refractivity (Wildman–Crippen MR) is 138 cm³/mol. The number of nitrogens with one attached hydrogen (secondary N) is 1. The molecule has 6 nitrogen and oxygen atoms in total. The fourth-order valence-electron chi connectivity index (χ4n) is 5.06. The van der Waals surface area contributed by atoms with E-state index in [0.29, 0.717) is 29.1 Å². The molecule has 8 heteroatoms. The van der Waals surface area contributed by atoms with Gasteiger partial charge in [0, 0.05) is 43.3 Å². The first kappa shape index (κ1) is 23.4. The smallest absolute Gasteiger partial charge is 0.243 e.